The molecule has 7 nitrogen and oxygen atoms in total. The Balaban J connectivity index is 1.42. The Morgan fingerprint density at radius 1 is 0.853 bits per heavy atom. The van der Waals surface area contributed by atoms with Crippen LogP contribution in [-0.2, 0) is 16.1 Å². The van der Waals surface area contributed by atoms with Crippen LogP contribution in [0.2, 0.25) is 0 Å². The minimum absolute atomic E-state index is 0.0944. The van der Waals surface area contributed by atoms with Crippen molar-refractivity contribution >= 4 is 29.4 Å². The highest BCUT2D eigenvalue weighted by Crippen LogP contribution is 2.26. The van der Waals surface area contributed by atoms with E-state index in [9.17, 15) is 19.2 Å². The SMILES string of the molecule is Cc1cc(C)c(NC(=O)COC(=O)c2ccc3c(c2)C(=O)N(Cc2ccccc2)C3=O)c(C)c1. The van der Waals surface area contributed by atoms with Gasteiger partial charge < -0.3 is 10.1 Å². The summed E-state index contributed by atoms with van der Waals surface area (Å²) in [5, 5.41) is 2.77. The number of ether oxygens (including phenoxy) is 1. The van der Waals surface area contributed by atoms with Crippen LogP contribution in [0, 0.1) is 20.8 Å². The van der Waals surface area contributed by atoms with E-state index >= 15 is 0 Å². The summed E-state index contributed by atoms with van der Waals surface area (Å²) in [5.41, 5.74) is 4.90. The molecular formula is C27H24N2O5. The third-order valence-electron chi connectivity index (χ3n) is 5.67. The maximum atomic E-state index is 12.8. The molecule has 4 rings (SSSR count). The highest BCUT2D eigenvalue weighted by atomic mass is 16.5. The Morgan fingerprint density at radius 2 is 1.50 bits per heavy atom. The van der Waals surface area contributed by atoms with Crippen LogP contribution in [0.15, 0.2) is 60.7 Å². The van der Waals surface area contributed by atoms with E-state index in [1.54, 1.807) is 0 Å². The summed E-state index contributed by atoms with van der Waals surface area (Å²) in [6.45, 7) is 5.43. The first kappa shape index (κ1) is 22.9. The molecule has 1 N–H and O–H groups in total. The lowest BCUT2D eigenvalue weighted by molar-refractivity contribution is -0.119. The fourth-order valence-corrected chi connectivity index (χ4v) is 4.09. The van der Waals surface area contributed by atoms with Crippen molar-refractivity contribution in [1.29, 1.82) is 0 Å². The van der Waals surface area contributed by atoms with Crippen molar-refractivity contribution in [3.63, 3.8) is 0 Å². The van der Waals surface area contributed by atoms with Crippen LogP contribution in [-0.4, -0.2) is 35.2 Å². The van der Waals surface area contributed by atoms with Crippen molar-refractivity contribution in [2.75, 3.05) is 11.9 Å². The van der Waals surface area contributed by atoms with Gasteiger partial charge in [0.2, 0.25) is 0 Å². The molecule has 0 fully saturated rings. The lowest BCUT2D eigenvalue weighted by Gasteiger charge is -2.13. The number of imide groups is 1. The highest BCUT2D eigenvalue weighted by molar-refractivity contribution is 6.21. The molecule has 0 atom stereocenters. The molecule has 34 heavy (non-hydrogen) atoms. The molecule has 0 aliphatic carbocycles. The smallest absolute Gasteiger partial charge is 0.338 e. The summed E-state index contributed by atoms with van der Waals surface area (Å²) in [4.78, 5) is 51.5. The zero-order valence-electron chi connectivity index (χ0n) is 19.2. The molecule has 0 bridgehead atoms. The maximum absolute atomic E-state index is 12.8. The van der Waals surface area contributed by atoms with Gasteiger partial charge in [0.25, 0.3) is 17.7 Å². The minimum atomic E-state index is -0.753. The third kappa shape index (κ3) is 4.59. The molecule has 1 heterocycles. The largest absolute Gasteiger partial charge is 0.452 e. The number of carbonyl (C=O) groups is 4. The lowest BCUT2D eigenvalue weighted by Crippen LogP contribution is -2.29. The number of rotatable bonds is 6. The number of benzene rings is 3. The van der Waals surface area contributed by atoms with Gasteiger partial charge in [-0.1, -0.05) is 48.0 Å². The molecule has 0 saturated heterocycles. The van der Waals surface area contributed by atoms with Crippen molar-refractivity contribution in [1.82, 2.24) is 4.90 Å². The Labute approximate surface area is 197 Å². The standard InChI is InChI=1S/C27H24N2O5/c1-16-11-17(2)24(18(3)12-16)28-23(30)15-34-27(33)20-9-10-21-22(13-20)26(32)29(25(21)31)14-19-7-5-4-6-8-19/h4-13H,14-15H2,1-3H3,(H,28,30). The zero-order chi connectivity index (χ0) is 24.4. The molecule has 7 heteroatoms. The molecule has 0 radical (unpaired) electrons. The number of hydrogen-bond acceptors (Lipinski definition) is 5. The normalized spacial score (nSPS) is 12.5. The third-order valence-corrected chi connectivity index (χ3v) is 5.67. The molecule has 3 amide bonds. The van der Waals surface area contributed by atoms with Crippen LogP contribution in [0.5, 0.6) is 0 Å². The maximum Gasteiger partial charge on any atom is 0.338 e. The number of aryl methyl sites for hydroxylation is 3. The van der Waals surface area contributed by atoms with E-state index in [1.165, 1.54) is 18.2 Å². The predicted molar refractivity (Wildman–Crippen MR) is 127 cm³/mol. The molecule has 0 saturated carbocycles. The first-order chi connectivity index (χ1) is 16.2. The molecule has 0 unspecified atom stereocenters. The summed E-state index contributed by atoms with van der Waals surface area (Å²) in [6, 6.07) is 17.3. The summed E-state index contributed by atoms with van der Waals surface area (Å²) in [7, 11) is 0. The number of carbonyl (C=O) groups excluding carboxylic acids is 4. The summed E-state index contributed by atoms with van der Waals surface area (Å²) in [6.07, 6.45) is 0. The van der Waals surface area contributed by atoms with Crippen LogP contribution in [0.3, 0.4) is 0 Å². The number of nitrogens with zero attached hydrogens (tertiary/aromatic N) is 1. The summed E-state index contributed by atoms with van der Waals surface area (Å²) >= 11 is 0. The van der Waals surface area contributed by atoms with Gasteiger partial charge in [0.05, 0.1) is 23.2 Å². The first-order valence-electron chi connectivity index (χ1n) is 10.8. The second-order valence-corrected chi connectivity index (χ2v) is 8.34. The molecule has 172 valence electrons. The van der Waals surface area contributed by atoms with E-state index in [2.05, 4.69) is 5.32 Å². The van der Waals surface area contributed by atoms with E-state index < -0.39 is 30.3 Å². The number of fused-ring (bicyclic) bond motifs is 1. The van der Waals surface area contributed by atoms with Crippen LogP contribution < -0.4 is 5.32 Å². The van der Waals surface area contributed by atoms with Gasteiger partial charge in [0, 0.05) is 5.69 Å². The van der Waals surface area contributed by atoms with E-state index in [0.717, 1.165) is 27.2 Å². The van der Waals surface area contributed by atoms with Gasteiger partial charge in [0.15, 0.2) is 6.61 Å². The quantitative estimate of drug-likeness (QED) is 0.443. The van der Waals surface area contributed by atoms with Gasteiger partial charge in [-0.05, 0) is 55.7 Å². The first-order valence-corrected chi connectivity index (χ1v) is 10.8. The molecule has 3 aromatic carbocycles. The van der Waals surface area contributed by atoms with E-state index in [1.807, 2.05) is 63.2 Å². The summed E-state index contributed by atoms with van der Waals surface area (Å²) < 4.78 is 5.15. The van der Waals surface area contributed by atoms with E-state index in [4.69, 9.17) is 4.74 Å². The number of anilines is 1. The van der Waals surface area contributed by atoms with Crippen LogP contribution in [0.4, 0.5) is 5.69 Å². The fraction of sp³-hybridized carbons (Fsp3) is 0.185. The zero-order valence-corrected chi connectivity index (χ0v) is 19.2. The van der Waals surface area contributed by atoms with E-state index in [0.29, 0.717) is 5.69 Å². The molecule has 0 spiro atoms. The van der Waals surface area contributed by atoms with Gasteiger partial charge in [-0.2, -0.15) is 0 Å². The van der Waals surface area contributed by atoms with Gasteiger partial charge in [-0.15, -0.1) is 0 Å². The second kappa shape index (κ2) is 9.31. The van der Waals surface area contributed by atoms with Gasteiger partial charge in [-0.25, -0.2) is 4.79 Å². The Hall–Kier alpha value is -4.26. The Morgan fingerprint density at radius 3 is 2.18 bits per heavy atom. The predicted octanol–water partition coefficient (Wildman–Crippen LogP) is 4.20. The van der Waals surface area contributed by atoms with Crippen molar-refractivity contribution < 1.29 is 23.9 Å². The summed E-state index contributed by atoms with van der Waals surface area (Å²) in [5.74, 6) is -2.10. The molecule has 3 aromatic rings. The average Bonchev–Trinajstić information content (AvgIpc) is 3.04. The van der Waals surface area contributed by atoms with Crippen LogP contribution in [0.1, 0.15) is 53.3 Å². The number of esters is 1. The molecular weight excluding hydrogens is 432 g/mol. The van der Waals surface area contributed by atoms with Crippen LogP contribution in [0.25, 0.3) is 0 Å². The topological polar surface area (TPSA) is 92.8 Å². The monoisotopic (exact) mass is 456 g/mol. The number of amides is 3. The fourth-order valence-electron chi connectivity index (χ4n) is 4.09. The highest BCUT2D eigenvalue weighted by Gasteiger charge is 2.36. The van der Waals surface area contributed by atoms with Crippen molar-refractivity contribution in [3.05, 3.63) is 99.6 Å². The Bertz CT molecular complexity index is 1290. The average molecular weight is 456 g/mol. The van der Waals surface area contributed by atoms with Crippen molar-refractivity contribution in [3.8, 4) is 0 Å². The van der Waals surface area contributed by atoms with Crippen molar-refractivity contribution in [2.24, 2.45) is 0 Å². The minimum Gasteiger partial charge on any atom is -0.452 e. The van der Waals surface area contributed by atoms with Gasteiger partial charge in [-0.3, -0.25) is 19.3 Å². The van der Waals surface area contributed by atoms with Gasteiger partial charge in [0.1, 0.15) is 0 Å². The Kier molecular flexibility index (Phi) is 6.27. The van der Waals surface area contributed by atoms with E-state index in [-0.39, 0.29) is 23.2 Å². The second-order valence-electron chi connectivity index (χ2n) is 8.34. The number of nitrogens with one attached hydrogen (secondary N) is 1. The number of hydrogen-bond donors (Lipinski definition) is 1. The molecule has 1 aliphatic rings. The van der Waals surface area contributed by atoms with Crippen molar-refractivity contribution in [2.45, 2.75) is 27.3 Å². The van der Waals surface area contributed by atoms with Gasteiger partial charge >= 0.3 is 5.97 Å². The molecule has 1 aliphatic heterocycles. The molecule has 0 aromatic heterocycles. The lowest BCUT2D eigenvalue weighted by atomic mass is 10.1. The van der Waals surface area contributed by atoms with Crippen LogP contribution >= 0.6 is 0 Å².